The Morgan fingerprint density at radius 2 is 1.81 bits per heavy atom. The number of fused-ring (bicyclic) bond motifs is 1. The maximum atomic E-state index is 12.4. The van der Waals surface area contributed by atoms with Crippen molar-refractivity contribution in [2.75, 3.05) is 0 Å². The predicted octanol–water partition coefficient (Wildman–Crippen LogP) is 0.820. The van der Waals surface area contributed by atoms with Gasteiger partial charge in [-0.25, -0.2) is 6.07 Å². The van der Waals surface area contributed by atoms with Crippen LogP contribution in [0.25, 0.3) is 10.9 Å². The van der Waals surface area contributed by atoms with Crippen LogP contribution in [0.2, 0.25) is 0 Å². The van der Waals surface area contributed by atoms with Crippen molar-refractivity contribution in [1.82, 2.24) is 4.98 Å². The number of pyridine rings is 1. The molecule has 0 spiro atoms. The number of rotatable bonds is 0. The van der Waals surface area contributed by atoms with Crippen molar-refractivity contribution in [1.29, 1.82) is 0 Å². The molecule has 6 heteroatoms. The number of hydrogen-bond donors (Lipinski definition) is 0. The average molecular weight is 282 g/mol. The Labute approximate surface area is 110 Å². The van der Waals surface area contributed by atoms with Crippen LogP contribution in [0, 0.1) is 6.07 Å². The number of halogens is 4. The molecule has 0 fully saturated rings. The van der Waals surface area contributed by atoms with Gasteiger partial charge in [0.05, 0.1) is 5.69 Å². The molecule has 0 unspecified atom stereocenters. The smallest absolute Gasteiger partial charge is 0.283 e. The molecule has 0 N–H and O–H groups in total. The van der Waals surface area contributed by atoms with Crippen LogP contribution in [0.5, 0.6) is 0 Å². The van der Waals surface area contributed by atoms with Gasteiger partial charge in [-0.2, -0.15) is 13.2 Å². The summed E-state index contributed by atoms with van der Waals surface area (Å²) in [6, 6.07) is 8.76. The molecule has 0 atom stereocenters. The third-order valence-corrected chi connectivity index (χ3v) is 2.49. The first-order valence-electron chi connectivity index (χ1n) is 4.03. The molecule has 1 nitrogen and oxygen atoms in total. The van der Waals surface area contributed by atoms with Crippen molar-refractivity contribution < 1.29 is 32.0 Å². The van der Waals surface area contributed by atoms with Crippen molar-refractivity contribution in [2.24, 2.45) is 0 Å². The minimum Gasteiger partial charge on any atom is -0.283 e. The Morgan fingerprint density at radius 1 is 1.19 bits per heavy atom. The van der Waals surface area contributed by atoms with E-state index in [0.29, 0.717) is 10.9 Å². The van der Waals surface area contributed by atoms with E-state index in [1.165, 1.54) is 6.07 Å². The van der Waals surface area contributed by atoms with Crippen LogP contribution in [-0.4, -0.2) is 4.98 Å². The van der Waals surface area contributed by atoms with Gasteiger partial charge in [-0.3, -0.25) is 4.98 Å². The van der Waals surface area contributed by atoms with Gasteiger partial charge in [-0.1, -0.05) is 34.1 Å². The van der Waals surface area contributed by atoms with Gasteiger partial charge in [0.1, 0.15) is 0 Å². The first-order chi connectivity index (χ1) is 6.98. The molecule has 2 rings (SSSR count). The van der Waals surface area contributed by atoms with E-state index in [4.69, 9.17) is 0 Å². The molecule has 1 aromatic carbocycles. The Balaban J connectivity index is 0.00000128. The summed E-state index contributed by atoms with van der Waals surface area (Å²) in [5.74, 6) is 0. The van der Waals surface area contributed by atoms with Gasteiger partial charge in [0, 0.05) is 0 Å². The van der Waals surface area contributed by atoms with Crippen LogP contribution in [0.3, 0.4) is 0 Å². The van der Waals surface area contributed by atoms with Crippen LogP contribution in [0.1, 0.15) is 5.69 Å². The van der Waals surface area contributed by atoms with Crippen LogP contribution < -0.4 is 18.9 Å². The molecule has 78 valence electrons. The van der Waals surface area contributed by atoms with Gasteiger partial charge in [0.2, 0.25) is 0 Å². The molecule has 16 heavy (non-hydrogen) atoms. The van der Waals surface area contributed by atoms with Crippen LogP contribution in [0.15, 0.2) is 28.7 Å². The minimum absolute atomic E-state index is 0. The SMILES string of the molecule is FC(F)(F)c1[c-]c(Br)c2ccccc2n1.[Li+]. The summed E-state index contributed by atoms with van der Waals surface area (Å²) in [5, 5.41) is 0.616. The Morgan fingerprint density at radius 3 is 2.44 bits per heavy atom. The zero-order valence-electron chi connectivity index (χ0n) is 8.27. The number of benzene rings is 1. The van der Waals surface area contributed by atoms with Gasteiger partial charge in [-0.15, -0.1) is 15.9 Å². The van der Waals surface area contributed by atoms with Crippen molar-refractivity contribution in [3.05, 3.63) is 40.5 Å². The van der Waals surface area contributed by atoms with Gasteiger partial charge >= 0.3 is 25.0 Å². The molecule has 0 aliphatic carbocycles. The maximum absolute atomic E-state index is 12.4. The molecule has 0 aliphatic heterocycles. The van der Waals surface area contributed by atoms with Crippen LogP contribution in [0.4, 0.5) is 13.2 Å². The second kappa shape index (κ2) is 4.78. The number of hydrogen-bond acceptors (Lipinski definition) is 1. The number of para-hydroxylation sites is 1. The van der Waals surface area contributed by atoms with Gasteiger partial charge < -0.3 is 0 Å². The molecular weight excluding hydrogens is 278 g/mol. The Hall–Kier alpha value is -0.503. The fourth-order valence-corrected chi connectivity index (χ4v) is 1.73. The topological polar surface area (TPSA) is 12.9 Å². The second-order valence-electron chi connectivity index (χ2n) is 2.91. The first-order valence-corrected chi connectivity index (χ1v) is 4.82. The summed E-state index contributed by atoms with van der Waals surface area (Å²) in [6.45, 7) is 0. The largest absolute Gasteiger partial charge is 1.00 e. The Kier molecular flexibility index (Phi) is 4.05. The molecule has 2 aromatic rings. The number of aromatic nitrogens is 1. The number of nitrogens with zero attached hydrogens (tertiary/aromatic N) is 1. The quantitative estimate of drug-likeness (QED) is 0.515. The van der Waals surface area contributed by atoms with Crippen molar-refractivity contribution in [3.63, 3.8) is 0 Å². The minimum atomic E-state index is -4.47. The zero-order valence-corrected chi connectivity index (χ0v) is 9.85. The van der Waals surface area contributed by atoms with Crippen LogP contribution >= 0.6 is 15.9 Å². The van der Waals surface area contributed by atoms with Gasteiger partial charge in [-0.05, 0) is 5.52 Å². The monoisotopic (exact) mass is 281 g/mol. The molecule has 0 radical (unpaired) electrons. The molecule has 0 aliphatic rings. The van der Waals surface area contributed by atoms with Crippen LogP contribution in [-0.2, 0) is 6.18 Å². The fraction of sp³-hybridized carbons (Fsp3) is 0.100. The van der Waals surface area contributed by atoms with E-state index in [1.54, 1.807) is 18.2 Å². The molecule has 1 heterocycles. The fourth-order valence-electron chi connectivity index (χ4n) is 1.21. The van der Waals surface area contributed by atoms with Gasteiger partial charge in [0.25, 0.3) is 0 Å². The van der Waals surface area contributed by atoms with Crippen molar-refractivity contribution in [2.45, 2.75) is 6.18 Å². The third-order valence-electron chi connectivity index (χ3n) is 1.87. The summed E-state index contributed by atoms with van der Waals surface area (Å²) in [6.07, 6.45) is -4.47. The standard InChI is InChI=1S/C10H4BrF3N.Li/c11-7-5-9(10(12,13)14)15-8-4-2-1-3-6(7)8;/h1-4H;/q-1;+1. The number of alkyl halides is 3. The summed E-state index contributed by atoms with van der Waals surface area (Å²) >= 11 is 3.04. The van der Waals surface area contributed by atoms with Crippen molar-refractivity contribution >= 4 is 26.8 Å². The van der Waals surface area contributed by atoms with E-state index in [-0.39, 0.29) is 23.3 Å². The van der Waals surface area contributed by atoms with E-state index in [9.17, 15) is 13.2 Å². The summed E-state index contributed by atoms with van der Waals surface area (Å²) in [7, 11) is 0. The van der Waals surface area contributed by atoms with E-state index >= 15 is 0 Å². The zero-order chi connectivity index (χ0) is 11.1. The average Bonchev–Trinajstić information content (AvgIpc) is 2.16. The molecular formula is C10H4BrF3LiN. The molecule has 0 amide bonds. The summed E-state index contributed by atoms with van der Waals surface area (Å²) < 4.78 is 37.4. The molecule has 0 saturated heterocycles. The summed E-state index contributed by atoms with van der Waals surface area (Å²) in [4.78, 5) is 3.50. The maximum Gasteiger partial charge on any atom is 1.00 e. The molecule has 0 bridgehead atoms. The van der Waals surface area contributed by atoms with E-state index in [2.05, 4.69) is 27.0 Å². The normalized spacial score (nSPS) is 11.2. The van der Waals surface area contributed by atoms with E-state index < -0.39 is 11.9 Å². The summed E-state index contributed by atoms with van der Waals surface area (Å²) in [5.41, 5.74) is -0.705. The first kappa shape index (κ1) is 13.6. The molecule has 0 saturated carbocycles. The predicted molar refractivity (Wildman–Crippen MR) is 53.3 cm³/mol. The van der Waals surface area contributed by atoms with E-state index in [0.717, 1.165) is 0 Å². The van der Waals surface area contributed by atoms with Crippen molar-refractivity contribution in [3.8, 4) is 0 Å². The second-order valence-corrected chi connectivity index (χ2v) is 3.71. The molecule has 1 aromatic heterocycles. The van der Waals surface area contributed by atoms with Gasteiger partial charge in [0.15, 0.2) is 0 Å². The Bertz CT molecular complexity index is 513. The third kappa shape index (κ3) is 2.60. The van der Waals surface area contributed by atoms with E-state index in [1.807, 2.05) is 0 Å².